The van der Waals surface area contributed by atoms with Gasteiger partial charge in [-0.05, 0) is 61.6 Å². The van der Waals surface area contributed by atoms with Gasteiger partial charge in [-0.1, -0.05) is 19.1 Å². The summed E-state index contributed by atoms with van der Waals surface area (Å²) in [5, 5.41) is 0. The molecule has 1 amide bonds. The maximum atomic E-state index is 12.6. The van der Waals surface area contributed by atoms with Crippen molar-refractivity contribution in [3.8, 4) is 0 Å². The van der Waals surface area contributed by atoms with Crippen molar-refractivity contribution in [2.24, 2.45) is 11.8 Å². The molecule has 0 aliphatic carbocycles. The highest BCUT2D eigenvalue weighted by Crippen LogP contribution is 2.24. The second kappa shape index (κ2) is 8.09. The number of likely N-dealkylation sites (tertiary alicyclic amines) is 1. The topological polar surface area (TPSA) is 57.7 Å². The van der Waals surface area contributed by atoms with Crippen molar-refractivity contribution in [3.63, 3.8) is 0 Å². The molecule has 2 fully saturated rings. The highest BCUT2D eigenvalue weighted by molar-refractivity contribution is 7.88. The number of rotatable bonds is 4. The Balaban J connectivity index is 1.54. The fourth-order valence-electron chi connectivity index (χ4n) is 4.12. The molecule has 5 nitrogen and oxygen atoms in total. The van der Waals surface area contributed by atoms with Crippen LogP contribution < -0.4 is 0 Å². The van der Waals surface area contributed by atoms with Gasteiger partial charge in [-0.15, -0.1) is 0 Å². The van der Waals surface area contributed by atoms with Crippen molar-refractivity contribution < 1.29 is 13.2 Å². The summed E-state index contributed by atoms with van der Waals surface area (Å²) >= 11 is 0. The SMILES string of the molecule is CC1CCCN(C(=O)c2ccc(CC3CCN(S(C)(=O)=O)CC3)cc2)C1. The van der Waals surface area contributed by atoms with E-state index in [-0.39, 0.29) is 5.91 Å². The van der Waals surface area contributed by atoms with Crippen LogP contribution in [0.2, 0.25) is 0 Å². The van der Waals surface area contributed by atoms with Crippen LogP contribution in [0.1, 0.15) is 48.5 Å². The zero-order valence-electron chi connectivity index (χ0n) is 15.9. The van der Waals surface area contributed by atoms with Crippen molar-refractivity contribution >= 4 is 15.9 Å². The van der Waals surface area contributed by atoms with Gasteiger partial charge in [0, 0.05) is 31.7 Å². The van der Waals surface area contributed by atoms with E-state index in [1.807, 2.05) is 17.0 Å². The van der Waals surface area contributed by atoms with Gasteiger partial charge >= 0.3 is 0 Å². The molecule has 3 rings (SSSR count). The van der Waals surface area contributed by atoms with Crippen LogP contribution in [0.25, 0.3) is 0 Å². The average Bonchev–Trinajstić information content (AvgIpc) is 2.61. The summed E-state index contributed by atoms with van der Waals surface area (Å²) < 4.78 is 24.8. The highest BCUT2D eigenvalue weighted by atomic mass is 32.2. The van der Waals surface area contributed by atoms with Gasteiger partial charge in [0.25, 0.3) is 5.91 Å². The number of carbonyl (C=O) groups excluding carboxylic acids is 1. The molecule has 0 N–H and O–H groups in total. The Bertz CT molecular complexity index is 722. The summed E-state index contributed by atoms with van der Waals surface area (Å²) in [4.78, 5) is 14.6. The van der Waals surface area contributed by atoms with Crippen LogP contribution in [0.4, 0.5) is 0 Å². The van der Waals surface area contributed by atoms with E-state index in [0.717, 1.165) is 44.3 Å². The molecule has 2 saturated heterocycles. The quantitative estimate of drug-likeness (QED) is 0.809. The van der Waals surface area contributed by atoms with E-state index in [0.29, 0.717) is 24.9 Å². The van der Waals surface area contributed by atoms with Gasteiger partial charge in [0.1, 0.15) is 0 Å². The van der Waals surface area contributed by atoms with Gasteiger partial charge in [0.2, 0.25) is 10.0 Å². The molecular weight excluding hydrogens is 348 g/mol. The van der Waals surface area contributed by atoms with Crippen LogP contribution in [-0.4, -0.2) is 56.0 Å². The number of nitrogens with zero attached hydrogens (tertiary/aromatic N) is 2. The molecule has 0 saturated carbocycles. The minimum absolute atomic E-state index is 0.143. The third-order valence-corrected chi connectivity index (χ3v) is 7.02. The van der Waals surface area contributed by atoms with E-state index in [2.05, 4.69) is 19.1 Å². The highest BCUT2D eigenvalue weighted by Gasteiger charge is 2.25. The van der Waals surface area contributed by atoms with Crippen LogP contribution in [0, 0.1) is 11.8 Å². The van der Waals surface area contributed by atoms with Crippen molar-refractivity contribution in [2.45, 2.75) is 39.0 Å². The lowest BCUT2D eigenvalue weighted by Crippen LogP contribution is -2.39. The van der Waals surface area contributed by atoms with Crippen molar-refractivity contribution in [2.75, 3.05) is 32.4 Å². The van der Waals surface area contributed by atoms with Crippen LogP contribution in [0.5, 0.6) is 0 Å². The standard InChI is InChI=1S/C20H30N2O3S/c1-16-4-3-11-21(15-16)20(23)19-7-5-17(6-8-19)14-18-9-12-22(13-10-18)26(2,24)25/h5-8,16,18H,3-4,9-15H2,1-2H3. The molecular formula is C20H30N2O3S. The minimum Gasteiger partial charge on any atom is -0.338 e. The summed E-state index contributed by atoms with van der Waals surface area (Å²) in [6.07, 6.45) is 6.34. The molecule has 144 valence electrons. The van der Waals surface area contributed by atoms with Gasteiger partial charge in [-0.25, -0.2) is 12.7 Å². The number of sulfonamides is 1. The minimum atomic E-state index is -3.06. The Kier molecular flexibility index (Phi) is 6.03. The maximum absolute atomic E-state index is 12.6. The molecule has 1 aromatic carbocycles. The van der Waals surface area contributed by atoms with Gasteiger partial charge in [0.05, 0.1) is 6.26 Å². The molecule has 0 radical (unpaired) electrons. The van der Waals surface area contributed by atoms with E-state index in [4.69, 9.17) is 0 Å². The third-order valence-electron chi connectivity index (χ3n) is 5.71. The second-order valence-electron chi connectivity index (χ2n) is 8.01. The Hall–Kier alpha value is -1.40. The second-order valence-corrected chi connectivity index (χ2v) is 9.99. The van der Waals surface area contributed by atoms with Crippen LogP contribution in [0.15, 0.2) is 24.3 Å². The summed E-state index contributed by atoms with van der Waals surface area (Å²) in [5.74, 6) is 1.24. The first-order valence-corrected chi connectivity index (χ1v) is 11.5. The summed E-state index contributed by atoms with van der Waals surface area (Å²) in [7, 11) is -3.06. The lowest BCUT2D eigenvalue weighted by atomic mass is 9.90. The predicted molar refractivity (Wildman–Crippen MR) is 104 cm³/mol. The van der Waals surface area contributed by atoms with Crippen molar-refractivity contribution in [1.29, 1.82) is 0 Å². The zero-order valence-corrected chi connectivity index (χ0v) is 16.7. The molecule has 2 heterocycles. The molecule has 1 atom stereocenters. The molecule has 0 spiro atoms. The van der Waals surface area contributed by atoms with E-state index in [9.17, 15) is 13.2 Å². The van der Waals surface area contributed by atoms with E-state index in [1.54, 1.807) is 4.31 Å². The molecule has 1 unspecified atom stereocenters. The van der Waals surface area contributed by atoms with Gasteiger partial charge in [0.15, 0.2) is 0 Å². The van der Waals surface area contributed by atoms with Gasteiger partial charge in [-0.3, -0.25) is 4.79 Å². The number of benzene rings is 1. The molecule has 6 heteroatoms. The molecule has 26 heavy (non-hydrogen) atoms. The summed E-state index contributed by atoms with van der Waals surface area (Å²) in [6, 6.07) is 8.01. The first-order chi connectivity index (χ1) is 12.3. The Labute approximate surface area is 157 Å². The molecule has 1 aromatic rings. The Morgan fingerprint density at radius 1 is 1.08 bits per heavy atom. The van der Waals surface area contributed by atoms with Crippen LogP contribution in [-0.2, 0) is 16.4 Å². The molecule has 0 aromatic heterocycles. The number of piperidine rings is 2. The van der Waals surface area contributed by atoms with Gasteiger partial charge < -0.3 is 4.90 Å². The lowest BCUT2D eigenvalue weighted by Gasteiger charge is -2.31. The van der Waals surface area contributed by atoms with E-state index in [1.165, 1.54) is 18.2 Å². The molecule has 2 aliphatic rings. The third kappa shape index (κ3) is 4.86. The van der Waals surface area contributed by atoms with Crippen LogP contribution >= 0.6 is 0 Å². The normalized spacial score (nSPS) is 23.2. The lowest BCUT2D eigenvalue weighted by molar-refractivity contribution is 0.0683. The summed E-state index contributed by atoms with van der Waals surface area (Å²) in [6.45, 7) is 5.17. The fourth-order valence-corrected chi connectivity index (χ4v) is 4.99. The first kappa shape index (κ1) is 19.4. The number of hydrogen-bond acceptors (Lipinski definition) is 3. The predicted octanol–water partition coefficient (Wildman–Crippen LogP) is 2.77. The number of carbonyl (C=O) groups is 1. The molecule has 0 bridgehead atoms. The number of amides is 1. The average molecular weight is 379 g/mol. The largest absolute Gasteiger partial charge is 0.338 e. The Morgan fingerprint density at radius 2 is 1.73 bits per heavy atom. The van der Waals surface area contributed by atoms with Crippen molar-refractivity contribution in [1.82, 2.24) is 9.21 Å². The first-order valence-electron chi connectivity index (χ1n) is 9.66. The fraction of sp³-hybridized carbons (Fsp3) is 0.650. The van der Waals surface area contributed by atoms with E-state index < -0.39 is 10.0 Å². The Morgan fingerprint density at radius 3 is 2.31 bits per heavy atom. The molecule has 2 aliphatic heterocycles. The van der Waals surface area contributed by atoms with Gasteiger partial charge in [-0.2, -0.15) is 0 Å². The smallest absolute Gasteiger partial charge is 0.253 e. The zero-order chi connectivity index (χ0) is 18.7. The summed E-state index contributed by atoms with van der Waals surface area (Å²) in [5.41, 5.74) is 2.00. The number of hydrogen-bond donors (Lipinski definition) is 0. The van der Waals surface area contributed by atoms with Crippen molar-refractivity contribution in [3.05, 3.63) is 35.4 Å². The van der Waals surface area contributed by atoms with E-state index >= 15 is 0 Å². The monoisotopic (exact) mass is 378 g/mol. The maximum Gasteiger partial charge on any atom is 0.253 e. The van der Waals surface area contributed by atoms with Crippen LogP contribution in [0.3, 0.4) is 0 Å².